The number of aliphatic hydroxyl groups is 1. The molecule has 0 aliphatic heterocycles. The second-order valence-electron chi connectivity index (χ2n) is 7.02. The Morgan fingerprint density at radius 3 is 2.52 bits per heavy atom. The molecule has 0 aliphatic carbocycles. The average molecular weight is 340 g/mol. The second-order valence-corrected chi connectivity index (χ2v) is 7.02. The summed E-state index contributed by atoms with van der Waals surface area (Å²) in [7, 11) is 0. The molecular weight excluding hydrogens is 312 g/mol. The van der Waals surface area contributed by atoms with Gasteiger partial charge >= 0.3 is 0 Å². The monoisotopic (exact) mass is 340 g/mol. The molecule has 0 saturated heterocycles. The van der Waals surface area contributed by atoms with Crippen LogP contribution in [0, 0.1) is 24.2 Å². The van der Waals surface area contributed by atoms with Crippen molar-refractivity contribution in [3.05, 3.63) is 47.3 Å². The third-order valence-corrected chi connectivity index (χ3v) is 5.20. The Balaban J connectivity index is 2.13. The zero-order valence-electron chi connectivity index (χ0n) is 15.7. The van der Waals surface area contributed by atoms with Crippen LogP contribution in [0.5, 0.6) is 0 Å². The lowest BCUT2D eigenvalue weighted by Gasteiger charge is -2.31. The van der Waals surface area contributed by atoms with E-state index in [-0.39, 0.29) is 12.0 Å². The second kappa shape index (κ2) is 7.81. The van der Waals surface area contributed by atoms with Crippen molar-refractivity contribution in [2.45, 2.75) is 52.7 Å². The molecule has 2 N–H and O–H groups in total. The fraction of sp³-hybridized carbons (Fsp3) is 0.500. The molecule has 134 valence electrons. The Labute approximate surface area is 150 Å². The van der Waals surface area contributed by atoms with Gasteiger partial charge in [0.05, 0.1) is 29.1 Å². The first-order chi connectivity index (χ1) is 11.8. The van der Waals surface area contributed by atoms with Crippen molar-refractivity contribution in [1.82, 2.24) is 15.1 Å². The molecule has 1 heterocycles. The van der Waals surface area contributed by atoms with Crippen LogP contribution >= 0.6 is 0 Å². The van der Waals surface area contributed by atoms with E-state index in [1.807, 2.05) is 36.9 Å². The van der Waals surface area contributed by atoms with E-state index in [0.717, 1.165) is 23.4 Å². The minimum absolute atomic E-state index is 0.0858. The molecule has 0 radical (unpaired) electrons. The highest BCUT2D eigenvalue weighted by Crippen LogP contribution is 2.23. The van der Waals surface area contributed by atoms with Crippen molar-refractivity contribution >= 4 is 0 Å². The number of nitrogens with zero attached hydrogens (tertiary/aromatic N) is 3. The third-order valence-electron chi connectivity index (χ3n) is 5.20. The molecule has 0 spiro atoms. The van der Waals surface area contributed by atoms with Gasteiger partial charge in [-0.25, -0.2) is 4.68 Å². The predicted molar refractivity (Wildman–Crippen MR) is 99.5 cm³/mol. The molecular formula is C20H28N4O. The van der Waals surface area contributed by atoms with Crippen LogP contribution in [-0.4, -0.2) is 27.0 Å². The smallest absolute Gasteiger partial charge is 0.0991 e. The molecule has 2 aromatic rings. The highest BCUT2D eigenvalue weighted by Gasteiger charge is 2.27. The van der Waals surface area contributed by atoms with Crippen LogP contribution in [0.4, 0.5) is 0 Å². The Bertz CT molecular complexity index is 740. The van der Waals surface area contributed by atoms with Crippen molar-refractivity contribution in [1.29, 1.82) is 5.26 Å². The molecule has 5 nitrogen and oxygen atoms in total. The molecule has 1 aromatic carbocycles. The first kappa shape index (κ1) is 19.2. The van der Waals surface area contributed by atoms with Crippen LogP contribution in [0.15, 0.2) is 30.5 Å². The lowest BCUT2D eigenvalue weighted by molar-refractivity contribution is 0.00363. The summed E-state index contributed by atoms with van der Waals surface area (Å²) in [5, 5.41) is 27.4. The Kier molecular flexibility index (Phi) is 5.99. The Morgan fingerprint density at radius 2 is 1.96 bits per heavy atom. The Hall–Kier alpha value is -2.16. The largest absolute Gasteiger partial charge is 0.389 e. The van der Waals surface area contributed by atoms with Gasteiger partial charge in [0.1, 0.15) is 0 Å². The number of hydrogen-bond acceptors (Lipinski definition) is 4. The van der Waals surface area contributed by atoms with E-state index in [9.17, 15) is 5.11 Å². The molecule has 3 unspecified atom stereocenters. The summed E-state index contributed by atoms with van der Waals surface area (Å²) < 4.78 is 1.88. The lowest BCUT2D eigenvalue weighted by Crippen LogP contribution is -2.43. The molecule has 0 bridgehead atoms. The van der Waals surface area contributed by atoms with E-state index in [4.69, 9.17) is 5.26 Å². The number of aromatic nitrogens is 2. The molecule has 0 aliphatic rings. The quantitative estimate of drug-likeness (QED) is 0.809. The van der Waals surface area contributed by atoms with Crippen LogP contribution in [0.2, 0.25) is 0 Å². The molecule has 3 atom stereocenters. The first-order valence-corrected chi connectivity index (χ1v) is 8.81. The van der Waals surface area contributed by atoms with Gasteiger partial charge in [-0.05, 0) is 51.0 Å². The van der Waals surface area contributed by atoms with Gasteiger partial charge in [-0.1, -0.05) is 20.3 Å². The Morgan fingerprint density at radius 1 is 1.32 bits per heavy atom. The van der Waals surface area contributed by atoms with Crippen LogP contribution in [0.25, 0.3) is 5.69 Å². The zero-order valence-corrected chi connectivity index (χ0v) is 15.7. The average Bonchev–Trinajstić information content (AvgIpc) is 3.00. The number of rotatable bonds is 7. The van der Waals surface area contributed by atoms with Gasteiger partial charge < -0.3 is 10.4 Å². The van der Waals surface area contributed by atoms with Crippen molar-refractivity contribution in [2.75, 3.05) is 6.54 Å². The molecule has 0 saturated carbocycles. The SMILES string of the molecule is CCC(C)C(C)(O)CNC(C)c1cnn(-c2ccc(C#N)cc2)c1C. The van der Waals surface area contributed by atoms with Gasteiger partial charge in [0.25, 0.3) is 0 Å². The van der Waals surface area contributed by atoms with E-state index < -0.39 is 5.60 Å². The van der Waals surface area contributed by atoms with Gasteiger partial charge in [0, 0.05) is 23.8 Å². The van der Waals surface area contributed by atoms with E-state index in [1.165, 1.54) is 0 Å². The fourth-order valence-electron chi connectivity index (χ4n) is 2.87. The van der Waals surface area contributed by atoms with Gasteiger partial charge in [0.15, 0.2) is 0 Å². The van der Waals surface area contributed by atoms with Crippen LogP contribution < -0.4 is 5.32 Å². The topological polar surface area (TPSA) is 73.9 Å². The molecule has 5 heteroatoms. The lowest BCUT2D eigenvalue weighted by atomic mass is 9.88. The molecule has 0 amide bonds. The highest BCUT2D eigenvalue weighted by atomic mass is 16.3. The summed E-state index contributed by atoms with van der Waals surface area (Å²) in [6.45, 7) is 10.7. The van der Waals surface area contributed by atoms with Crippen molar-refractivity contribution in [3.63, 3.8) is 0 Å². The van der Waals surface area contributed by atoms with Crippen LogP contribution in [0.3, 0.4) is 0 Å². The third kappa shape index (κ3) is 4.28. The minimum atomic E-state index is -0.736. The summed E-state index contributed by atoms with van der Waals surface area (Å²) in [5.74, 6) is 0.231. The van der Waals surface area contributed by atoms with Crippen LogP contribution in [0.1, 0.15) is 57.0 Å². The maximum atomic E-state index is 10.6. The minimum Gasteiger partial charge on any atom is -0.389 e. The van der Waals surface area contributed by atoms with E-state index in [2.05, 4.69) is 37.3 Å². The van der Waals surface area contributed by atoms with E-state index >= 15 is 0 Å². The summed E-state index contributed by atoms with van der Waals surface area (Å²) >= 11 is 0. The van der Waals surface area contributed by atoms with E-state index in [1.54, 1.807) is 12.1 Å². The summed E-state index contributed by atoms with van der Waals surface area (Å²) in [6.07, 6.45) is 2.81. The summed E-state index contributed by atoms with van der Waals surface area (Å²) in [4.78, 5) is 0. The standard InChI is InChI=1S/C20H28N4O/c1-6-14(2)20(5,25)13-22-15(3)19-12-23-24(16(19)4)18-9-7-17(11-21)8-10-18/h7-10,12,14-15,22,25H,6,13H2,1-5H3. The van der Waals surface area contributed by atoms with Crippen LogP contribution in [-0.2, 0) is 0 Å². The number of nitrogens with one attached hydrogen (secondary N) is 1. The maximum Gasteiger partial charge on any atom is 0.0991 e. The van der Waals surface area contributed by atoms with E-state index in [0.29, 0.717) is 12.1 Å². The summed E-state index contributed by atoms with van der Waals surface area (Å²) in [6, 6.07) is 9.59. The molecule has 25 heavy (non-hydrogen) atoms. The summed E-state index contributed by atoms with van der Waals surface area (Å²) in [5.41, 5.74) is 2.98. The van der Waals surface area contributed by atoms with Gasteiger partial charge in [0.2, 0.25) is 0 Å². The first-order valence-electron chi connectivity index (χ1n) is 8.81. The number of hydrogen-bond donors (Lipinski definition) is 2. The molecule has 1 aromatic heterocycles. The number of benzene rings is 1. The number of nitriles is 1. The predicted octanol–water partition coefficient (Wildman–Crippen LogP) is 3.50. The highest BCUT2D eigenvalue weighted by molar-refractivity contribution is 5.40. The van der Waals surface area contributed by atoms with Gasteiger partial charge in [-0.3, -0.25) is 0 Å². The normalized spacial score (nSPS) is 16.0. The van der Waals surface area contributed by atoms with Crippen molar-refractivity contribution < 1.29 is 5.11 Å². The zero-order chi connectivity index (χ0) is 18.6. The van der Waals surface area contributed by atoms with Crippen molar-refractivity contribution in [3.8, 4) is 11.8 Å². The van der Waals surface area contributed by atoms with Gasteiger partial charge in [-0.15, -0.1) is 0 Å². The van der Waals surface area contributed by atoms with Gasteiger partial charge in [-0.2, -0.15) is 10.4 Å². The molecule has 0 fully saturated rings. The fourth-order valence-corrected chi connectivity index (χ4v) is 2.87. The van der Waals surface area contributed by atoms with Crippen molar-refractivity contribution in [2.24, 2.45) is 5.92 Å². The maximum absolute atomic E-state index is 10.6. The molecule has 2 rings (SSSR count).